The van der Waals surface area contributed by atoms with E-state index >= 15 is 0 Å². The van der Waals surface area contributed by atoms with Crippen molar-refractivity contribution in [3.05, 3.63) is 297 Å². The lowest BCUT2D eigenvalue weighted by atomic mass is 10.0. The molecule has 12 aromatic carbocycles. The van der Waals surface area contributed by atoms with Gasteiger partial charge in [0.05, 0.1) is 61.6 Å². The Balaban J connectivity index is 1.07. The fourth-order valence-electron chi connectivity index (χ4n) is 12.0. The molecular weight excluding hydrogens is 951 g/mol. The van der Waals surface area contributed by atoms with Crippen LogP contribution in [0.1, 0.15) is 0 Å². The highest BCUT2D eigenvalue weighted by Crippen LogP contribution is 2.51. The van der Waals surface area contributed by atoms with Gasteiger partial charge in [0.1, 0.15) is 11.2 Å². The zero-order chi connectivity index (χ0) is 51.5. The third-order valence-corrected chi connectivity index (χ3v) is 15.2. The Hall–Kier alpha value is -10.6. The van der Waals surface area contributed by atoms with E-state index in [9.17, 15) is 0 Å². The third-order valence-electron chi connectivity index (χ3n) is 15.2. The van der Waals surface area contributed by atoms with E-state index < -0.39 is 0 Å². The highest BCUT2D eigenvalue weighted by atomic mass is 16.3. The second kappa shape index (κ2) is 18.7. The number of para-hydroxylation sites is 8. The van der Waals surface area contributed by atoms with Gasteiger partial charge in [0.25, 0.3) is 0 Å². The lowest BCUT2D eigenvalue weighted by molar-refractivity contribution is 0.669. The average molecular weight is 1000 g/mol. The number of fused-ring (bicyclic) bond motifs is 9. The Bertz CT molecular complexity index is 4460. The summed E-state index contributed by atoms with van der Waals surface area (Å²) in [6, 6.07) is 107. The topological polar surface area (TPSA) is 32.7 Å². The summed E-state index contributed by atoms with van der Waals surface area (Å²) in [7, 11) is 0. The molecule has 0 saturated carbocycles. The molecule has 0 atom stereocenters. The molecule has 3 aromatic heterocycles. The normalized spacial score (nSPS) is 11.6. The minimum atomic E-state index is 0.825. The Kier molecular flexibility index (Phi) is 10.7. The number of benzene rings is 12. The van der Waals surface area contributed by atoms with E-state index in [0.717, 1.165) is 117 Å². The second-order valence-electron chi connectivity index (χ2n) is 19.7. The summed E-state index contributed by atoms with van der Waals surface area (Å²) in [6.45, 7) is 0. The van der Waals surface area contributed by atoms with Gasteiger partial charge in [-0.2, -0.15) is 0 Å². The molecule has 0 fully saturated rings. The molecule has 368 valence electrons. The Morgan fingerprint density at radius 3 is 0.987 bits per heavy atom. The molecule has 15 aromatic rings. The van der Waals surface area contributed by atoms with E-state index in [1.165, 1.54) is 10.8 Å². The number of anilines is 9. The highest BCUT2D eigenvalue weighted by molar-refractivity contribution is 6.19. The van der Waals surface area contributed by atoms with Crippen LogP contribution in [-0.2, 0) is 0 Å². The summed E-state index contributed by atoms with van der Waals surface area (Å²) in [5.41, 5.74) is 17.5. The van der Waals surface area contributed by atoms with Crippen LogP contribution in [0.2, 0.25) is 0 Å². The number of hydrogen-bond donors (Lipinski definition) is 0. The number of rotatable bonds is 11. The SMILES string of the molecule is c1ccc(N(c2cc(N(c3ccccc3)c3cccc4c3c3ccccc3n4-c3ccccc3)cc(N(c3ccccc3)c3cccc4c3c3ccccc3n4-c3ccccc3)c2)c2cccc3oc4ccccc4c23)cc1. The predicted octanol–water partition coefficient (Wildman–Crippen LogP) is 20.2. The van der Waals surface area contributed by atoms with E-state index in [2.05, 4.69) is 315 Å². The molecule has 15 rings (SSSR count). The van der Waals surface area contributed by atoms with Gasteiger partial charge >= 0.3 is 0 Å². The first kappa shape index (κ1) is 44.9. The molecule has 0 aliphatic rings. The minimum absolute atomic E-state index is 0.825. The van der Waals surface area contributed by atoms with Crippen LogP contribution in [0.3, 0.4) is 0 Å². The van der Waals surface area contributed by atoms with Gasteiger partial charge in [-0.15, -0.1) is 0 Å². The predicted molar refractivity (Wildman–Crippen MR) is 326 cm³/mol. The second-order valence-corrected chi connectivity index (χ2v) is 19.7. The van der Waals surface area contributed by atoms with Gasteiger partial charge in [0, 0.05) is 55.4 Å². The van der Waals surface area contributed by atoms with Crippen LogP contribution in [0.15, 0.2) is 302 Å². The first-order chi connectivity index (χ1) is 38.7. The zero-order valence-electron chi connectivity index (χ0n) is 42.4. The molecule has 3 heterocycles. The summed E-state index contributed by atoms with van der Waals surface area (Å²) in [5, 5.41) is 6.74. The Morgan fingerprint density at radius 2 is 0.551 bits per heavy atom. The number of nitrogens with zero attached hydrogens (tertiary/aromatic N) is 5. The third kappa shape index (κ3) is 7.34. The van der Waals surface area contributed by atoms with Crippen LogP contribution in [0.5, 0.6) is 0 Å². The molecule has 0 amide bonds. The van der Waals surface area contributed by atoms with E-state index in [1.54, 1.807) is 0 Å². The van der Waals surface area contributed by atoms with Crippen LogP contribution in [-0.4, -0.2) is 9.13 Å². The van der Waals surface area contributed by atoms with Crippen LogP contribution >= 0.6 is 0 Å². The molecular formula is C72H49N5O. The lowest BCUT2D eigenvalue weighted by Crippen LogP contribution is -2.16. The van der Waals surface area contributed by atoms with Crippen LogP contribution < -0.4 is 14.7 Å². The number of aromatic nitrogens is 2. The maximum Gasteiger partial charge on any atom is 0.137 e. The van der Waals surface area contributed by atoms with Crippen molar-refractivity contribution < 1.29 is 4.42 Å². The van der Waals surface area contributed by atoms with Crippen molar-refractivity contribution in [1.29, 1.82) is 0 Å². The molecule has 6 nitrogen and oxygen atoms in total. The standard InChI is InChI=1S/C72H49N5O/c1-6-25-50(26-7-1)73(63-40-22-42-65-70(63)58-35-16-19-38-61(58)76(65)53-31-12-4-13-32-53)55-47-56(49-57(48-55)75(52-29-10-3-11-30-52)67-44-24-46-69-72(67)60-37-18-21-45-68(60)78-69)74(51-27-8-2-9-28-51)64-41-23-43-66-71(64)59-36-17-20-39-62(59)77(66)54-33-14-5-15-34-54/h1-49H. The molecule has 6 heteroatoms. The molecule has 0 aliphatic heterocycles. The quantitative estimate of drug-likeness (QED) is 0.129. The van der Waals surface area contributed by atoms with Crippen molar-refractivity contribution in [2.45, 2.75) is 0 Å². The molecule has 0 unspecified atom stereocenters. The number of furan rings is 1. The largest absolute Gasteiger partial charge is 0.456 e. The van der Waals surface area contributed by atoms with Crippen LogP contribution in [0.4, 0.5) is 51.2 Å². The van der Waals surface area contributed by atoms with Crippen molar-refractivity contribution in [2.24, 2.45) is 0 Å². The molecule has 78 heavy (non-hydrogen) atoms. The maximum atomic E-state index is 6.64. The van der Waals surface area contributed by atoms with Gasteiger partial charge in [-0.05, 0) is 133 Å². The lowest BCUT2D eigenvalue weighted by Gasteiger charge is -2.33. The summed E-state index contributed by atoms with van der Waals surface area (Å²) in [5.74, 6) is 0. The van der Waals surface area contributed by atoms with Gasteiger partial charge < -0.3 is 28.3 Å². The van der Waals surface area contributed by atoms with E-state index in [4.69, 9.17) is 4.42 Å². The summed E-state index contributed by atoms with van der Waals surface area (Å²) >= 11 is 0. The minimum Gasteiger partial charge on any atom is -0.456 e. The van der Waals surface area contributed by atoms with E-state index in [1.807, 2.05) is 6.07 Å². The van der Waals surface area contributed by atoms with Gasteiger partial charge in [-0.25, -0.2) is 0 Å². The fourth-order valence-corrected chi connectivity index (χ4v) is 12.0. The highest BCUT2D eigenvalue weighted by Gasteiger charge is 2.28. The van der Waals surface area contributed by atoms with E-state index in [0.29, 0.717) is 0 Å². The summed E-state index contributed by atoms with van der Waals surface area (Å²) in [4.78, 5) is 7.33. The first-order valence-electron chi connectivity index (χ1n) is 26.5. The van der Waals surface area contributed by atoms with Crippen molar-refractivity contribution in [3.63, 3.8) is 0 Å². The molecule has 0 N–H and O–H groups in total. The van der Waals surface area contributed by atoms with Crippen molar-refractivity contribution in [3.8, 4) is 11.4 Å². The molecule has 0 radical (unpaired) electrons. The number of hydrogen-bond acceptors (Lipinski definition) is 4. The van der Waals surface area contributed by atoms with E-state index in [-0.39, 0.29) is 0 Å². The zero-order valence-corrected chi connectivity index (χ0v) is 42.4. The monoisotopic (exact) mass is 999 g/mol. The molecule has 0 aliphatic carbocycles. The van der Waals surface area contributed by atoms with Crippen LogP contribution in [0, 0.1) is 0 Å². The van der Waals surface area contributed by atoms with Crippen molar-refractivity contribution >= 4 is 117 Å². The summed E-state index contributed by atoms with van der Waals surface area (Å²) < 4.78 is 11.4. The van der Waals surface area contributed by atoms with Gasteiger partial charge in [-0.3, -0.25) is 0 Å². The Labute approximate surface area is 451 Å². The average Bonchev–Trinajstić information content (AvgIpc) is 4.37. The molecule has 0 bridgehead atoms. The van der Waals surface area contributed by atoms with Gasteiger partial charge in [0.2, 0.25) is 0 Å². The maximum absolute atomic E-state index is 6.64. The van der Waals surface area contributed by atoms with Crippen LogP contribution in [0.25, 0.3) is 76.9 Å². The summed E-state index contributed by atoms with van der Waals surface area (Å²) in [6.07, 6.45) is 0. The van der Waals surface area contributed by atoms with Gasteiger partial charge in [-0.1, -0.05) is 164 Å². The molecule has 0 spiro atoms. The smallest absolute Gasteiger partial charge is 0.137 e. The van der Waals surface area contributed by atoms with Crippen molar-refractivity contribution in [1.82, 2.24) is 9.13 Å². The first-order valence-corrected chi connectivity index (χ1v) is 26.5. The fraction of sp³-hybridized carbons (Fsp3) is 0. The Morgan fingerprint density at radius 1 is 0.231 bits per heavy atom. The van der Waals surface area contributed by atoms with Crippen molar-refractivity contribution in [2.75, 3.05) is 14.7 Å². The van der Waals surface area contributed by atoms with Gasteiger partial charge in [0.15, 0.2) is 0 Å². The molecule has 0 saturated heterocycles.